The molecule has 1 aromatic carbocycles. The molecule has 0 amide bonds. The first-order valence-corrected chi connectivity index (χ1v) is 4.87. The second-order valence-corrected chi connectivity index (χ2v) is 3.45. The third kappa shape index (κ3) is 2.12. The summed E-state index contributed by atoms with van der Waals surface area (Å²) in [5, 5.41) is 11.8. The third-order valence-electron chi connectivity index (χ3n) is 2.31. The van der Waals surface area contributed by atoms with E-state index >= 15 is 0 Å². The predicted octanol–water partition coefficient (Wildman–Crippen LogP) is 2.47. The molecule has 1 aromatic heterocycles. The molecule has 0 unspecified atom stereocenters. The van der Waals surface area contributed by atoms with E-state index in [2.05, 4.69) is 14.4 Å². The smallest absolute Gasteiger partial charge is 0.358 e. The van der Waals surface area contributed by atoms with Crippen LogP contribution in [0.25, 0.3) is 11.3 Å². The van der Waals surface area contributed by atoms with E-state index in [1.807, 2.05) is 0 Å². The van der Waals surface area contributed by atoms with E-state index in [1.54, 1.807) is 0 Å². The van der Waals surface area contributed by atoms with Gasteiger partial charge in [0, 0.05) is 6.07 Å². The minimum absolute atomic E-state index is 0.355. The van der Waals surface area contributed by atoms with Crippen molar-refractivity contribution in [2.45, 2.75) is 0 Å². The van der Waals surface area contributed by atoms with Crippen molar-refractivity contribution in [3.05, 3.63) is 35.3 Å². The number of aromatic carboxylic acids is 1. The van der Waals surface area contributed by atoms with Crippen molar-refractivity contribution in [3.8, 4) is 17.1 Å². The second kappa shape index (κ2) is 4.63. The first kappa shape index (κ1) is 12.9. The van der Waals surface area contributed by atoms with Crippen LogP contribution in [0.5, 0.6) is 5.75 Å². The summed E-state index contributed by atoms with van der Waals surface area (Å²) in [5.74, 6) is -6.74. The molecule has 2 aromatic rings. The molecule has 5 nitrogen and oxygen atoms in total. The summed E-state index contributed by atoms with van der Waals surface area (Å²) in [7, 11) is 0.966. The van der Waals surface area contributed by atoms with Gasteiger partial charge in [-0.05, 0) is 6.07 Å². The summed E-state index contributed by atoms with van der Waals surface area (Å²) in [6.45, 7) is 0. The van der Waals surface area contributed by atoms with E-state index in [4.69, 9.17) is 5.11 Å². The van der Waals surface area contributed by atoms with Crippen LogP contribution >= 0.6 is 0 Å². The first-order valence-electron chi connectivity index (χ1n) is 4.87. The van der Waals surface area contributed by atoms with Crippen molar-refractivity contribution in [2.24, 2.45) is 0 Å². The largest absolute Gasteiger partial charge is 0.491 e. The van der Waals surface area contributed by atoms with Crippen LogP contribution in [-0.2, 0) is 0 Å². The fourth-order valence-corrected chi connectivity index (χ4v) is 1.44. The quantitative estimate of drug-likeness (QED) is 0.869. The van der Waals surface area contributed by atoms with Crippen molar-refractivity contribution in [2.75, 3.05) is 7.11 Å². The minimum atomic E-state index is -1.48. The normalized spacial score (nSPS) is 10.5. The van der Waals surface area contributed by atoms with Crippen LogP contribution in [0.1, 0.15) is 10.5 Å². The number of rotatable bonds is 3. The molecule has 0 aliphatic carbocycles. The van der Waals surface area contributed by atoms with Gasteiger partial charge in [0.05, 0.1) is 12.7 Å². The Hall–Kier alpha value is -2.51. The van der Waals surface area contributed by atoms with Crippen LogP contribution in [0.3, 0.4) is 0 Å². The summed E-state index contributed by atoms with van der Waals surface area (Å²) < 4.78 is 49.3. The first-order chi connectivity index (χ1) is 8.95. The number of ether oxygens (including phenoxy) is 1. The summed E-state index contributed by atoms with van der Waals surface area (Å²) >= 11 is 0. The molecule has 19 heavy (non-hydrogen) atoms. The van der Waals surface area contributed by atoms with Gasteiger partial charge < -0.3 is 14.4 Å². The lowest BCUT2D eigenvalue weighted by molar-refractivity contribution is 0.0686. The van der Waals surface area contributed by atoms with Gasteiger partial charge in [0.2, 0.25) is 5.82 Å². The molecule has 0 fully saturated rings. The van der Waals surface area contributed by atoms with Gasteiger partial charge in [-0.3, -0.25) is 0 Å². The number of methoxy groups -OCH3 is 1. The Morgan fingerprint density at radius 1 is 1.32 bits per heavy atom. The van der Waals surface area contributed by atoms with Crippen LogP contribution in [0.15, 0.2) is 16.7 Å². The van der Waals surface area contributed by atoms with E-state index < -0.39 is 40.4 Å². The van der Waals surface area contributed by atoms with Gasteiger partial charge in [0.25, 0.3) is 0 Å². The van der Waals surface area contributed by atoms with Crippen molar-refractivity contribution >= 4 is 5.97 Å². The third-order valence-corrected chi connectivity index (χ3v) is 2.31. The average Bonchev–Trinajstić information content (AvgIpc) is 2.84. The van der Waals surface area contributed by atoms with Gasteiger partial charge in [-0.25, -0.2) is 13.6 Å². The molecular formula is C11H6F3NO4. The van der Waals surface area contributed by atoms with E-state index in [9.17, 15) is 18.0 Å². The molecule has 1 heterocycles. The number of carbonyl (C=O) groups is 1. The topological polar surface area (TPSA) is 72.6 Å². The van der Waals surface area contributed by atoms with Crippen molar-refractivity contribution in [1.82, 2.24) is 5.16 Å². The zero-order valence-corrected chi connectivity index (χ0v) is 9.41. The van der Waals surface area contributed by atoms with E-state index in [1.165, 1.54) is 0 Å². The molecule has 1 N–H and O–H groups in total. The number of carboxylic acid groups (broad SMARTS) is 1. The zero-order valence-electron chi connectivity index (χ0n) is 9.41. The van der Waals surface area contributed by atoms with Crippen molar-refractivity contribution in [3.63, 3.8) is 0 Å². The number of benzene rings is 1. The number of aromatic nitrogens is 1. The molecule has 100 valence electrons. The van der Waals surface area contributed by atoms with Crippen LogP contribution in [0, 0.1) is 17.5 Å². The summed E-state index contributed by atoms with van der Waals surface area (Å²) in [5.41, 5.74) is -0.978. The Labute approximate surface area is 104 Å². The monoisotopic (exact) mass is 273 g/mol. The highest BCUT2D eigenvalue weighted by molar-refractivity contribution is 5.86. The Morgan fingerprint density at radius 3 is 2.53 bits per heavy atom. The van der Waals surface area contributed by atoms with Crippen LogP contribution in [0.4, 0.5) is 13.2 Å². The SMILES string of the molecule is COc1c(F)c(F)cc(-c2cc(C(=O)O)no2)c1F. The van der Waals surface area contributed by atoms with E-state index in [-0.39, 0.29) is 5.76 Å². The average molecular weight is 273 g/mol. The molecule has 0 spiro atoms. The molecule has 0 atom stereocenters. The lowest BCUT2D eigenvalue weighted by Crippen LogP contribution is -1.98. The number of hydrogen-bond donors (Lipinski definition) is 1. The highest BCUT2D eigenvalue weighted by Gasteiger charge is 2.23. The van der Waals surface area contributed by atoms with Gasteiger partial charge in [0.15, 0.2) is 28.8 Å². The summed E-state index contributed by atoms with van der Waals surface area (Å²) in [4.78, 5) is 10.6. The molecule has 0 aliphatic heterocycles. The predicted molar refractivity (Wildman–Crippen MR) is 55.3 cm³/mol. The van der Waals surface area contributed by atoms with Gasteiger partial charge in [-0.1, -0.05) is 5.16 Å². The molecule has 0 saturated heterocycles. The second-order valence-electron chi connectivity index (χ2n) is 3.45. The highest BCUT2D eigenvalue weighted by Crippen LogP contribution is 2.33. The maximum absolute atomic E-state index is 13.8. The molecule has 8 heteroatoms. The van der Waals surface area contributed by atoms with Gasteiger partial charge in [-0.2, -0.15) is 4.39 Å². The number of nitrogens with zero attached hydrogens (tertiary/aromatic N) is 1. The van der Waals surface area contributed by atoms with E-state index in [0.29, 0.717) is 6.07 Å². The Balaban J connectivity index is 2.61. The molecule has 0 saturated carbocycles. The Morgan fingerprint density at radius 2 is 2.00 bits per heavy atom. The Bertz CT molecular complexity index is 654. The molecule has 0 aliphatic rings. The summed E-state index contributed by atoms with van der Waals surface area (Å²) in [6.07, 6.45) is 0. The standard InChI is InChI=1S/C11H6F3NO4/c1-18-10-8(13)4(2-5(12)9(10)14)7-3-6(11(16)17)15-19-7/h2-3H,1H3,(H,16,17). The fraction of sp³-hybridized carbons (Fsp3) is 0.0909. The number of halogens is 3. The maximum Gasteiger partial charge on any atom is 0.358 e. The maximum atomic E-state index is 13.8. The molecule has 0 radical (unpaired) electrons. The van der Waals surface area contributed by atoms with E-state index in [0.717, 1.165) is 13.2 Å². The number of carboxylic acids is 1. The highest BCUT2D eigenvalue weighted by atomic mass is 19.2. The lowest BCUT2D eigenvalue weighted by Gasteiger charge is -2.07. The minimum Gasteiger partial charge on any atom is -0.491 e. The van der Waals surface area contributed by atoms with Crippen molar-refractivity contribution < 1.29 is 32.3 Å². The van der Waals surface area contributed by atoms with Crippen LogP contribution in [-0.4, -0.2) is 23.3 Å². The van der Waals surface area contributed by atoms with Gasteiger partial charge >= 0.3 is 5.97 Å². The van der Waals surface area contributed by atoms with Crippen LogP contribution < -0.4 is 4.74 Å². The number of hydrogen-bond acceptors (Lipinski definition) is 4. The van der Waals surface area contributed by atoms with Gasteiger partial charge in [0.1, 0.15) is 0 Å². The van der Waals surface area contributed by atoms with Crippen LogP contribution in [0.2, 0.25) is 0 Å². The van der Waals surface area contributed by atoms with Crippen molar-refractivity contribution in [1.29, 1.82) is 0 Å². The fourth-order valence-electron chi connectivity index (χ4n) is 1.44. The Kier molecular flexibility index (Phi) is 3.16. The molecular weight excluding hydrogens is 267 g/mol. The summed E-state index contributed by atoms with van der Waals surface area (Å²) in [6, 6.07) is 1.41. The molecule has 0 bridgehead atoms. The lowest BCUT2D eigenvalue weighted by atomic mass is 10.1. The molecule has 2 rings (SSSR count). The zero-order chi connectivity index (χ0) is 14.2. The van der Waals surface area contributed by atoms with Gasteiger partial charge in [-0.15, -0.1) is 0 Å².